The number of carbonyl (C=O) groups is 3. The van der Waals surface area contributed by atoms with Crippen LogP contribution in [0.5, 0.6) is 0 Å². The minimum Gasteiger partial charge on any atom is -0.444 e. The lowest BCUT2D eigenvalue weighted by Crippen LogP contribution is -2.57. The Morgan fingerprint density at radius 2 is 1.84 bits per heavy atom. The summed E-state index contributed by atoms with van der Waals surface area (Å²) in [6.07, 6.45) is 2.56. The average molecular weight is 512 g/mol. The predicted octanol–water partition coefficient (Wildman–Crippen LogP) is 2.79. The largest absolute Gasteiger partial charge is 0.444 e. The maximum atomic E-state index is 13.8. The zero-order chi connectivity index (χ0) is 27.3. The predicted molar refractivity (Wildman–Crippen MR) is 136 cm³/mol. The molecule has 4 rings (SSSR count). The van der Waals surface area contributed by atoms with Crippen molar-refractivity contribution in [2.75, 3.05) is 38.1 Å². The highest BCUT2D eigenvalue weighted by molar-refractivity contribution is 6.07. The molecule has 0 saturated carbocycles. The Balaban J connectivity index is 1.52. The standard InChI is InChI=1S/C26H37N7O4/c1-24(2,3)16-33-18(12-17-14-28-19(13-27)29-20(17)33)15-32-21(34)26(30(7)22(32)35)8-10-31(11-9-26)23(36)37-25(4,5)6/h14,18H,8-12,15-16H2,1-7H3. The van der Waals surface area contributed by atoms with E-state index in [9.17, 15) is 19.6 Å². The van der Waals surface area contributed by atoms with Crippen LogP contribution in [0.15, 0.2) is 6.20 Å². The first kappa shape index (κ1) is 26.6. The summed E-state index contributed by atoms with van der Waals surface area (Å²) in [4.78, 5) is 54.9. The topological polar surface area (TPSA) is 123 Å². The van der Waals surface area contributed by atoms with Gasteiger partial charge in [0.1, 0.15) is 23.0 Å². The number of anilines is 1. The Morgan fingerprint density at radius 1 is 1.19 bits per heavy atom. The van der Waals surface area contributed by atoms with E-state index < -0.39 is 17.2 Å². The summed E-state index contributed by atoms with van der Waals surface area (Å²) in [5, 5.41) is 9.30. The van der Waals surface area contributed by atoms with Crippen LogP contribution in [-0.4, -0.2) is 93.1 Å². The van der Waals surface area contributed by atoms with Crippen molar-refractivity contribution in [3.8, 4) is 6.07 Å². The van der Waals surface area contributed by atoms with Crippen LogP contribution in [0.2, 0.25) is 0 Å². The fraction of sp³-hybridized carbons (Fsp3) is 0.692. The van der Waals surface area contributed by atoms with Gasteiger partial charge in [-0.15, -0.1) is 0 Å². The van der Waals surface area contributed by atoms with Crippen molar-refractivity contribution in [1.29, 1.82) is 5.26 Å². The maximum Gasteiger partial charge on any atom is 0.410 e. The van der Waals surface area contributed by atoms with Crippen molar-refractivity contribution in [3.63, 3.8) is 0 Å². The summed E-state index contributed by atoms with van der Waals surface area (Å²) < 4.78 is 5.49. The number of hydrogen-bond acceptors (Lipinski definition) is 8. The Morgan fingerprint density at radius 3 is 2.41 bits per heavy atom. The summed E-state index contributed by atoms with van der Waals surface area (Å²) in [6.45, 7) is 13.3. The highest BCUT2D eigenvalue weighted by atomic mass is 16.6. The third-order valence-electron chi connectivity index (χ3n) is 7.19. The van der Waals surface area contributed by atoms with Gasteiger partial charge in [0.2, 0.25) is 5.82 Å². The van der Waals surface area contributed by atoms with Gasteiger partial charge in [-0.3, -0.25) is 9.69 Å². The minimum atomic E-state index is -0.969. The molecule has 4 amide bonds. The Kier molecular flexibility index (Phi) is 6.59. The summed E-state index contributed by atoms with van der Waals surface area (Å²) in [5.41, 5.74) is -0.747. The first-order chi connectivity index (χ1) is 17.1. The van der Waals surface area contributed by atoms with Gasteiger partial charge in [-0.25, -0.2) is 19.6 Å². The molecule has 1 unspecified atom stereocenters. The smallest absolute Gasteiger partial charge is 0.410 e. The molecule has 200 valence electrons. The Labute approximate surface area is 218 Å². The lowest BCUT2D eigenvalue weighted by Gasteiger charge is -2.41. The molecule has 0 aromatic carbocycles. The number of likely N-dealkylation sites (tertiary alicyclic amines) is 1. The number of likely N-dealkylation sites (N-methyl/N-ethyl adjacent to an activating group) is 1. The molecule has 11 nitrogen and oxygen atoms in total. The van der Waals surface area contributed by atoms with E-state index in [4.69, 9.17) is 4.74 Å². The van der Waals surface area contributed by atoms with Crippen LogP contribution >= 0.6 is 0 Å². The van der Waals surface area contributed by atoms with E-state index >= 15 is 0 Å². The highest BCUT2D eigenvalue weighted by Crippen LogP contribution is 2.39. The highest BCUT2D eigenvalue weighted by Gasteiger charge is 2.57. The van der Waals surface area contributed by atoms with E-state index in [-0.39, 0.29) is 35.8 Å². The average Bonchev–Trinajstić information content (AvgIpc) is 3.21. The normalized spacial score (nSPS) is 21.5. The van der Waals surface area contributed by atoms with Gasteiger partial charge in [0.15, 0.2) is 0 Å². The molecule has 1 aromatic heterocycles. The van der Waals surface area contributed by atoms with E-state index in [1.807, 2.05) is 26.8 Å². The van der Waals surface area contributed by atoms with Crippen molar-refractivity contribution < 1.29 is 19.1 Å². The SMILES string of the molecule is CN1C(=O)N(CC2Cc3cnc(C#N)nc3N2CC(C)(C)C)C(=O)C12CCN(C(=O)OC(C)(C)C)CC2. The van der Waals surface area contributed by atoms with Crippen LogP contribution in [0, 0.1) is 16.7 Å². The van der Waals surface area contributed by atoms with Gasteiger partial charge in [-0.05, 0) is 45.4 Å². The number of amides is 4. The maximum absolute atomic E-state index is 13.8. The second-order valence-electron chi connectivity index (χ2n) is 12.5. The fourth-order valence-electron chi connectivity index (χ4n) is 5.41. The number of carbonyl (C=O) groups excluding carboxylic acids is 3. The summed E-state index contributed by atoms with van der Waals surface area (Å²) >= 11 is 0. The summed E-state index contributed by atoms with van der Waals surface area (Å²) in [6, 6.07) is 1.50. The third-order valence-corrected chi connectivity index (χ3v) is 7.19. The molecular formula is C26H37N7O4. The van der Waals surface area contributed by atoms with Gasteiger partial charge in [0.05, 0.1) is 12.6 Å². The number of nitriles is 1. The van der Waals surface area contributed by atoms with Gasteiger partial charge >= 0.3 is 12.1 Å². The van der Waals surface area contributed by atoms with Gasteiger partial charge in [-0.1, -0.05) is 20.8 Å². The minimum absolute atomic E-state index is 0.0802. The molecule has 0 bridgehead atoms. The number of fused-ring (bicyclic) bond motifs is 1. The number of hydrogen-bond donors (Lipinski definition) is 0. The summed E-state index contributed by atoms with van der Waals surface area (Å²) in [5.74, 6) is 0.570. The van der Waals surface area contributed by atoms with Gasteiger partial charge in [0, 0.05) is 38.4 Å². The van der Waals surface area contributed by atoms with Crippen LogP contribution < -0.4 is 4.90 Å². The fourth-order valence-corrected chi connectivity index (χ4v) is 5.41. The van der Waals surface area contributed by atoms with Crippen molar-refractivity contribution in [3.05, 3.63) is 17.6 Å². The molecule has 3 aliphatic heterocycles. The number of imide groups is 1. The second kappa shape index (κ2) is 9.15. The molecular weight excluding hydrogens is 474 g/mol. The van der Waals surface area contributed by atoms with Crippen LogP contribution in [0.1, 0.15) is 65.8 Å². The molecule has 1 spiro atoms. The number of urea groups is 1. The zero-order valence-corrected chi connectivity index (χ0v) is 22.9. The van der Waals surface area contributed by atoms with Crippen LogP contribution in [0.3, 0.4) is 0 Å². The van der Waals surface area contributed by atoms with Crippen LogP contribution in [0.4, 0.5) is 15.4 Å². The molecule has 4 heterocycles. The van der Waals surface area contributed by atoms with Gasteiger partial charge < -0.3 is 19.4 Å². The molecule has 2 saturated heterocycles. The van der Waals surface area contributed by atoms with E-state index in [0.717, 1.165) is 5.56 Å². The Hall–Kier alpha value is -3.42. The van der Waals surface area contributed by atoms with Crippen LogP contribution in [0.25, 0.3) is 0 Å². The number of nitrogens with zero attached hydrogens (tertiary/aromatic N) is 7. The number of rotatable bonds is 3. The Bertz CT molecular complexity index is 1140. The van der Waals surface area contributed by atoms with E-state index in [1.165, 1.54) is 4.90 Å². The molecule has 0 radical (unpaired) electrons. The monoisotopic (exact) mass is 511 g/mol. The van der Waals surface area contributed by atoms with Crippen molar-refractivity contribution in [1.82, 2.24) is 24.7 Å². The molecule has 37 heavy (non-hydrogen) atoms. The van der Waals surface area contributed by atoms with Crippen molar-refractivity contribution in [2.24, 2.45) is 5.41 Å². The molecule has 0 N–H and O–H groups in total. The molecule has 2 fully saturated rings. The zero-order valence-electron chi connectivity index (χ0n) is 22.9. The molecule has 3 aliphatic rings. The number of ether oxygens (including phenoxy) is 1. The first-order valence-corrected chi connectivity index (χ1v) is 12.8. The van der Waals surface area contributed by atoms with E-state index in [0.29, 0.717) is 44.7 Å². The third kappa shape index (κ3) is 5.06. The van der Waals surface area contributed by atoms with E-state index in [1.54, 1.807) is 23.0 Å². The lowest BCUT2D eigenvalue weighted by molar-refractivity contribution is -0.135. The van der Waals surface area contributed by atoms with E-state index in [2.05, 4.69) is 35.6 Å². The molecule has 0 aliphatic carbocycles. The molecule has 1 aromatic rings. The first-order valence-electron chi connectivity index (χ1n) is 12.8. The number of aromatic nitrogens is 2. The van der Waals surface area contributed by atoms with Crippen molar-refractivity contribution >= 4 is 23.8 Å². The lowest BCUT2D eigenvalue weighted by atomic mass is 9.86. The second-order valence-corrected chi connectivity index (χ2v) is 12.5. The van der Waals surface area contributed by atoms with Gasteiger partial charge in [-0.2, -0.15) is 5.26 Å². The van der Waals surface area contributed by atoms with Gasteiger partial charge in [0.25, 0.3) is 5.91 Å². The molecule has 11 heteroatoms. The quantitative estimate of drug-likeness (QED) is 0.568. The van der Waals surface area contributed by atoms with Crippen molar-refractivity contribution in [2.45, 2.75) is 78.0 Å². The number of piperidine rings is 1. The molecule has 1 atom stereocenters. The summed E-state index contributed by atoms with van der Waals surface area (Å²) in [7, 11) is 1.67. The van der Waals surface area contributed by atoms with Crippen LogP contribution in [-0.2, 0) is 16.0 Å².